The summed E-state index contributed by atoms with van der Waals surface area (Å²) >= 11 is 0. The summed E-state index contributed by atoms with van der Waals surface area (Å²) in [6, 6.07) is 5.32. The fraction of sp³-hybridized carbons (Fsp3) is 0.579. The van der Waals surface area contributed by atoms with Gasteiger partial charge < -0.3 is 19.8 Å². The Morgan fingerprint density at radius 3 is 2.74 bits per heavy atom. The van der Waals surface area contributed by atoms with E-state index in [1.807, 2.05) is 4.90 Å². The monoisotopic (exact) mass is 379 g/mol. The Labute approximate surface area is 158 Å². The number of aliphatic hydroxyl groups excluding tert-OH is 2. The predicted octanol–water partition coefficient (Wildman–Crippen LogP) is 1.64. The van der Waals surface area contributed by atoms with Crippen molar-refractivity contribution in [1.29, 1.82) is 5.26 Å². The molecule has 0 radical (unpaired) electrons. The first-order valence-electron chi connectivity index (χ1n) is 8.85. The van der Waals surface area contributed by atoms with Crippen LogP contribution >= 0.6 is 0 Å². The topological polar surface area (TPSA) is 97.0 Å². The number of benzene rings is 1. The van der Waals surface area contributed by atoms with E-state index < -0.39 is 23.6 Å². The fourth-order valence-corrected chi connectivity index (χ4v) is 2.96. The van der Waals surface area contributed by atoms with Gasteiger partial charge in [-0.25, -0.2) is 9.18 Å². The van der Waals surface area contributed by atoms with Crippen LogP contribution in [0.25, 0.3) is 0 Å². The molecule has 1 aromatic carbocycles. The van der Waals surface area contributed by atoms with Gasteiger partial charge in [0.05, 0.1) is 24.3 Å². The molecule has 8 heteroatoms. The quantitative estimate of drug-likeness (QED) is 0.826. The van der Waals surface area contributed by atoms with Crippen molar-refractivity contribution in [2.45, 2.75) is 38.5 Å². The van der Waals surface area contributed by atoms with Gasteiger partial charge in [-0.2, -0.15) is 5.26 Å². The van der Waals surface area contributed by atoms with Crippen molar-refractivity contribution >= 4 is 6.09 Å². The standard InChI is InChI=1S/C19H26FN3O4/c1-19(2,3)27-18(26)23-7-6-22(15(10-23)12-24)11-17(25)13-4-5-16(20)14(8-13)9-21/h4-5,8,15,17,24-25H,6-7,10-12H2,1-3H3/t15-,17?/m0/s1. The molecule has 7 nitrogen and oxygen atoms in total. The number of aliphatic hydroxyl groups is 2. The van der Waals surface area contributed by atoms with E-state index in [1.165, 1.54) is 12.1 Å². The summed E-state index contributed by atoms with van der Waals surface area (Å²) in [4.78, 5) is 15.6. The van der Waals surface area contributed by atoms with Gasteiger partial charge in [0, 0.05) is 26.2 Å². The van der Waals surface area contributed by atoms with Crippen LogP contribution in [0, 0.1) is 17.1 Å². The average molecular weight is 379 g/mol. The highest BCUT2D eigenvalue weighted by Crippen LogP contribution is 2.21. The first-order chi connectivity index (χ1) is 12.6. The third-order valence-corrected chi connectivity index (χ3v) is 4.37. The van der Waals surface area contributed by atoms with Gasteiger partial charge in [0.2, 0.25) is 0 Å². The summed E-state index contributed by atoms with van der Waals surface area (Å²) in [5.74, 6) is -0.632. The largest absolute Gasteiger partial charge is 0.444 e. The zero-order chi connectivity index (χ0) is 20.2. The van der Waals surface area contributed by atoms with Crippen molar-refractivity contribution in [1.82, 2.24) is 9.80 Å². The third kappa shape index (κ3) is 5.63. The lowest BCUT2D eigenvalue weighted by Gasteiger charge is -2.41. The molecule has 0 bridgehead atoms. The van der Waals surface area contributed by atoms with E-state index in [2.05, 4.69) is 0 Å². The maximum Gasteiger partial charge on any atom is 0.410 e. The molecule has 1 heterocycles. The first kappa shape index (κ1) is 21.1. The van der Waals surface area contributed by atoms with Gasteiger partial charge in [-0.1, -0.05) is 6.07 Å². The second-order valence-electron chi connectivity index (χ2n) is 7.62. The van der Waals surface area contributed by atoms with Crippen molar-refractivity contribution in [3.05, 3.63) is 35.1 Å². The molecule has 2 rings (SSSR count). The number of nitrogens with zero attached hydrogens (tertiary/aromatic N) is 3. The zero-order valence-electron chi connectivity index (χ0n) is 15.9. The highest BCUT2D eigenvalue weighted by atomic mass is 19.1. The number of carbonyl (C=O) groups excluding carboxylic acids is 1. The van der Waals surface area contributed by atoms with Crippen molar-refractivity contribution in [3.63, 3.8) is 0 Å². The molecule has 1 aromatic rings. The lowest BCUT2D eigenvalue weighted by Crippen LogP contribution is -2.57. The molecule has 2 N–H and O–H groups in total. The van der Waals surface area contributed by atoms with Gasteiger partial charge in [0.25, 0.3) is 0 Å². The van der Waals surface area contributed by atoms with Gasteiger partial charge in [-0.15, -0.1) is 0 Å². The van der Waals surface area contributed by atoms with Crippen molar-refractivity contribution in [2.24, 2.45) is 0 Å². The van der Waals surface area contributed by atoms with E-state index in [9.17, 15) is 19.4 Å². The Morgan fingerprint density at radius 1 is 1.44 bits per heavy atom. The number of hydrogen-bond acceptors (Lipinski definition) is 6. The molecule has 0 saturated carbocycles. The van der Waals surface area contributed by atoms with Crippen molar-refractivity contribution < 1.29 is 24.1 Å². The second kappa shape index (κ2) is 8.65. The molecule has 148 valence electrons. The molecule has 0 aliphatic carbocycles. The summed E-state index contributed by atoms with van der Waals surface area (Å²) in [6.45, 7) is 6.53. The maximum absolute atomic E-state index is 13.4. The lowest BCUT2D eigenvalue weighted by molar-refractivity contribution is -0.0147. The van der Waals surface area contributed by atoms with Crippen LogP contribution in [0.15, 0.2) is 18.2 Å². The Kier molecular flexibility index (Phi) is 6.76. The minimum Gasteiger partial charge on any atom is -0.444 e. The summed E-state index contributed by atoms with van der Waals surface area (Å²) in [7, 11) is 0. The molecule has 1 unspecified atom stereocenters. The Hall–Kier alpha value is -2.21. The van der Waals surface area contributed by atoms with E-state index in [-0.39, 0.29) is 31.3 Å². The summed E-state index contributed by atoms with van der Waals surface area (Å²) in [5.41, 5.74) is -0.292. The minimum absolute atomic E-state index is 0.125. The number of β-amino-alcohol motifs (C(OH)–C–C–N with tert-alkyl or cyclic N) is 1. The van der Waals surface area contributed by atoms with Crippen LogP contribution in [-0.2, 0) is 4.74 Å². The number of ether oxygens (including phenoxy) is 1. The van der Waals surface area contributed by atoms with Gasteiger partial charge in [0.1, 0.15) is 17.5 Å². The lowest BCUT2D eigenvalue weighted by atomic mass is 10.0. The van der Waals surface area contributed by atoms with E-state index in [4.69, 9.17) is 10.00 Å². The third-order valence-electron chi connectivity index (χ3n) is 4.37. The Balaban J connectivity index is 2.01. The molecule has 27 heavy (non-hydrogen) atoms. The molecule has 0 aromatic heterocycles. The molecule has 2 atom stereocenters. The summed E-state index contributed by atoms with van der Waals surface area (Å²) < 4.78 is 18.8. The maximum atomic E-state index is 13.4. The number of hydrogen-bond donors (Lipinski definition) is 2. The molecule has 1 aliphatic heterocycles. The van der Waals surface area contributed by atoms with Gasteiger partial charge >= 0.3 is 6.09 Å². The molecular weight excluding hydrogens is 353 g/mol. The van der Waals surface area contributed by atoms with Crippen LogP contribution in [0.4, 0.5) is 9.18 Å². The molecule has 0 spiro atoms. The average Bonchev–Trinajstić information content (AvgIpc) is 2.60. The van der Waals surface area contributed by atoms with E-state index >= 15 is 0 Å². The number of piperazine rings is 1. The summed E-state index contributed by atoms with van der Waals surface area (Å²) in [6.07, 6.45) is -1.38. The molecule has 1 amide bonds. The molecule has 1 saturated heterocycles. The van der Waals surface area contributed by atoms with Crippen LogP contribution in [-0.4, -0.2) is 70.5 Å². The minimum atomic E-state index is -0.945. The Bertz CT molecular complexity index is 714. The SMILES string of the molecule is CC(C)(C)OC(=O)N1CCN(CC(O)c2ccc(F)c(C#N)c2)[C@H](CO)C1. The number of halogens is 1. The van der Waals surface area contributed by atoms with Crippen LogP contribution in [0.5, 0.6) is 0 Å². The van der Waals surface area contributed by atoms with Crippen LogP contribution < -0.4 is 0 Å². The number of amides is 1. The molecular formula is C19H26FN3O4. The molecule has 1 fully saturated rings. The smallest absolute Gasteiger partial charge is 0.410 e. The van der Waals surface area contributed by atoms with Gasteiger partial charge in [-0.3, -0.25) is 4.90 Å². The Morgan fingerprint density at radius 2 is 2.15 bits per heavy atom. The fourth-order valence-electron chi connectivity index (χ4n) is 2.96. The number of carbonyl (C=O) groups is 1. The van der Waals surface area contributed by atoms with Crippen LogP contribution in [0.2, 0.25) is 0 Å². The molecule has 1 aliphatic rings. The highest BCUT2D eigenvalue weighted by Gasteiger charge is 2.32. The first-order valence-corrected chi connectivity index (χ1v) is 8.85. The second-order valence-corrected chi connectivity index (χ2v) is 7.62. The van der Waals surface area contributed by atoms with Crippen molar-refractivity contribution in [2.75, 3.05) is 32.8 Å². The summed E-state index contributed by atoms with van der Waals surface area (Å²) in [5, 5.41) is 29.1. The van der Waals surface area contributed by atoms with Crippen LogP contribution in [0.3, 0.4) is 0 Å². The van der Waals surface area contributed by atoms with Gasteiger partial charge in [-0.05, 0) is 38.5 Å². The zero-order valence-corrected chi connectivity index (χ0v) is 15.9. The normalized spacial score (nSPS) is 19.4. The van der Waals surface area contributed by atoms with E-state index in [0.29, 0.717) is 18.7 Å². The number of rotatable bonds is 4. The van der Waals surface area contributed by atoms with E-state index in [1.54, 1.807) is 31.7 Å². The highest BCUT2D eigenvalue weighted by molar-refractivity contribution is 5.68. The van der Waals surface area contributed by atoms with Crippen molar-refractivity contribution in [3.8, 4) is 6.07 Å². The van der Waals surface area contributed by atoms with E-state index in [0.717, 1.165) is 6.07 Å². The predicted molar refractivity (Wildman–Crippen MR) is 96.3 cm³/mol. The number of nitriles is 1. The van der Waals surface area contributed by atoms with Gasteiger partial charge in [0.15, 0.2) is 0 Å². The van der Waals surface area contributed by atoms with Crippen LogP contribution in [0.1, 0.15) is 38.0 Å².